The van der Waals surface area contributed by atoms with Crippen molar-refractivity contribution in [2.45, 2.75) is 12.5 Å². The Hall–Kier alpha value is -6.02. The summed E-state index contributed by atoms with van der Waals surface area (Å²) >= 11 is 0. The second kappa shape index (κ2) is 11.6. The Morgan fingerprint density at radius 1 is 0.644 bits per heavy atom. The number of benzene rings is 5. The number of carbonyl (C=O) groups is 4. The molecular weight excluding hydrogens is 568 g/mol. The highest BCUT2D eigenvalue weighted by Gasteiger charge is 2.38. The number of ether oxygens (including phenoxy) is 1. The third-order valence-electron chi connectivity index (χ3n) is 8.09. The quantitative estimate of drug-likeness (QED) is 0.209. The van der Waals surface area contributed by atoms with Gasteiger partial charge in [-0.1, -0.05) is 96.1 Å². The van der Waals surface area contributed by atoms with E-state index in [1.165, 1.54) is 23.3 Å². The monoisotopic (exact) mass is 594 g/mol. The average molecular weight is 595 g/mol. The molecule has 220 valence electrons. The minimum absolute atomic E-state index is 0.0145. The maximum atomic E-state index is 12.7. The topological polar surface area (TPSA) is 102 Å². The summed E-state index contributed by atoms with van der Waals surface area (Å²) in [4.78, 5) is 55.6. The van der Waals surface area contributed by atoms with E-state index in [0.29, 0.717) is 5.06 Å². The van der Waals surface area contributed by atoms with Gasteiger partial charge in [-0.05, 0) is 69.3 Å². The zero-order valence-corrected chi connectivity index (χ0v) is 23.9. The Labute approximate surface area is 258 Å². The van der Waals surface area contributed by atoms with E-state index in [-0.39, 0.29) is 35.8 Å². The predicted octanol–water partition coefficient (Wildman–Crippen LogP) is 6.76. The highest BCUT2D eigenvalue weighted by Crippen LogP contribution is 2.44. The zero-order valence-electron chi connectivity index (χ0n) is 23.9. The highest BCUT2D eigenvalue weighted by molar-refractivity contribution is 6.21. The molecule has 0 saturated carbocycles. The van der Waals surface area contributed by atoms with Gasteiger partial charge in [-0.25, -0.2) is 9.59 Å². The van der Waals surface area contributed by atoms with E-state index in [1.807, 2.05) is 48.5 Å². The van der Waals surface area contributed by atoms with Gasteiger partial charge < -0.3 is 14.9 Å². The molecule has 1 aliphatic carbocycles. The summed E-state index contributed by atoms with van der Waals surface area (Å²) in [7, 11) is 0. The molecule has 1 heterocycles. The SMILES string of the molecule is O=C(NCc1cccc(-c2ccc(C(=O)ON3C(=O)c4ccccc4C3=O)cc2)c1)OCC1c2ccccc2-c2ccccc21. The molecule has 45 heavy (non-hydrogen) atoms. The summed E-state index contributed by atoms with van der Waals surface area (Å²) < 4.78 is 5.65. The van der Waals surface area contributed by atoms with Crippen LogP contribution in [0.4, 0.5) is 4.79 Å². The highest BCUT2D eigenvalue weighted by atomic mass is 16.7. The fourth-order valence-corrected chi connectivity index (χ4v) is 5.87. The molecule has 1 N–H and O–H groups in total. The molecule has 2 aliphatic rings. The Morgan fingerprint density at radius 2 is 1.22 bits per heavy atom. The Balaban J connectivity index is 0.954. The van der Waals surface area contributed by atoms with Crippen molar-refractivity contribution in [1.29, 1.82) is 0 Å². The molecule has 0 atom stereocenters. The van der Waals surface area contributed by atoms with E-state index in [1.54, 1.807) is 36.4 Å². The van der Waals surface area contributed by atoms with Gasteiger partial charge in [0.1, 0.15) is 6.61 Å². The molecule has 7 rings (SSSR count). The van der Waals surface area contributed by atoms with Crippen molar-refractivity contribution in [2.75, 3.05) is 6.61 Å². The van der Waals surface area contributed by atoms with Crippen molar-refractivity contribution in [1.82, 2.24) is 10.4 Å². The van der Waals surface area contributed by atoms with E-state index in [0.717, 1.165) is 27.8 Å². The molecule has 0 spiro atoms. The lowest BCUT2D eigenvalue weighted by Gasteiger charge is -2.15. The van der Waals surface area contributed by atoms with Gasteiger partial charge in [0.15, 0.2) is 0 Å². The molecule has 0 aromatic heterocycles. The summed E-state index contributed by atoms with van der Waals surface area (Å²) in [5, 5.41) is 3.33. The first-order valence-electron chi connectivity index (χ1n) is 14.5. The van der Waals surface area contributed by atoms with Crippen LogP contribution in [0.25, 0.3) is 22.3 Å². The van der Waals surface area contributed by atoms with Crippen LogP contribution in [0.5, 0.6) is 0 Å². The molecule has 0 unspecified atom stereocenters. The number of alkyl carbamates (subject to hydrolysis) is 1. The average Bonchev–Trinajstić information content (AvgIpc) is 3.53. The number of hydrogen-bond donors (Lipinski definition) is 1. The Kier molecular flexibility index (Phi) is 7.15. The molecular formula is C37H26N2O6. The van der Waals surface area contributed by atoms with Crippen molar-refractivity contribution >= 4 is 23.9 Å². The molecule has 0 bridgehead atoms. The number of imide groups is 1. The second-order valence-electron chi connectivity index (χ2n) is 10.8. The van der Waals surface area contributed by atoms with Crippen molar-refractivity contribution in [3.63, 3.8) is 0 Å². The number of nitrogens with one attached hydrogen (secondary N) is 1. The number of amides is 3. The molecule has 1 aliphatic heterocycles. The number of hydrogen-bond acceptors (Lipinski definition) is 6. The smallest absolute Gasteiger partial charge is 0.407 e. The predicted molar refractivity (Wildman–Crippen MR) is 166 cm³/mol. The van der Waals surface area contributed by atoms with E-state index >= 15 is 0 Å². The summed E-state index contributed by atoms with van der Waals surface area (Å²) in [5.74, 6) is -2.19. The normalized spacial score (nSPS) is 13.2. The molecule has 0 saturated heterocycles. The summed E-state index contributed by atoms with van der Waals surface area (Å²) in [6.07, 6.45) is -0.497. The van der Waals surface area contributed by atoms with E-state index < -0.39 is 23.9 Å². The molecule has 3 amide bonds. The number of carbonyl (C=O) groups excluding carboxylic acids is 4. The summed E-state index contributed by atoms with van der Waals surface area (Å²) in [6, 6.07) is 37.0. The fraction of sp³-hybridized carbons (Fsp3) is 0.0811. The van der Waals surface area contributed by atoms with Crippen LogP contribution in [0.2, 0.25) is 0 Å². The van der Waals surface area contributed by atoms with Gasteiger partial charge in [-0.2, -0.15) is 0 Å². The molecule has 8 heteroatoms. The number of rotatable bonds is 7. The zero-order chi connectivity index (χ0) is 30.9. The third-order valence-corrected chi connectivity index (χ3v) is 8.09. The lowest BCUT2D eigenvalue weighted by Crippen LogP contribution is -2.32. The van der Waals surface area contributed by atoms with Crippen LogP contribution in [0, 0.1) is 0 Å². The van der Waals surface area contributed by atoms with Crippen molar-refractivity contribution in [3.8, 4) is 22.3 Å². The molecule has 0 fully saturated rings. The van der Waals surface area contributed by atoms with Gasteiger partial charge in [0.05, 0.1) is 16.7 Å². The largest absolute Gasteiger partial charge is 0.449 e. The first-order chi connectivity index (χ1) is 22.0. The van der Waals surface area contributed by atoms with Crippen LogP contribution in [-0.2, 0) is 16.1 Å². The standard InChI is InChI=1S/C37H26N2O6/c40-34-31-14-5-6-15-32(31)35(41)39(34)45-36(42)25-18-16-24(17-19-25)26-9-7-8-23(20-26)21-38-37(43)44-22-33-29-12-3-1-10-27(29)28-11-2-4-13-30(28)33/h1-20,33H,21-22H2,(H,38,43). The lowest BCUT2D eigenvalue weighted by molar-refractivity contribution is -0.0584. The molecule has 8 nitrogen and oxygen atoms in total. The van der Waals surface area contributed by atoms with E-state index in [2.05, 4.69) is 29.6 Å². The van der Waals surface area contributed by atoms with Gasteiger partial charge in [0, 0.05) is 12.5 Å². The fourth-order valence-electron chi connectivity index (χ4n) is 5.87. The van der Waals surface area contributed by atoms with Gasteiger partial charge in [0.2, 0.25) is 0 Å². The number of hydroxylamine groups is 2. The van der Waals surface area contributed by atoms with Crippen molar-refractivity contribution in [2.24, 2.45) is 0 Å². The minimum Gasteiger partial charge on any atom is -0.449 e. The van der Waals surface area contributed by atoms with E-state index in [4.69, 9.17) is 9.57 Å². The Bertz CT molecular complexity index is 1900. The maximum Gasteiger partial charge on any atom is 0.407 e. The lowest BCUT2D eigenvalue weighted by atomic mass is 9.98. The van der Waals surface area contributed by atoms with Crippen LogP contribution in [0.15, 0.2) is 121 Å². The van der Waals surface area contributed by atoms with Gasteiger partial charge >= 0.3 is 12.1 Å². The minimum atomic E-state index is -0.822. The van der Waals surface area contributed by atoms with Gasteiger partial charge in [0.25, 0.3) is 11.8 Å². The van der Waals surface area contributed by atoms with E-state index in [9.17, 15) is 19.2 Å². The third kappa shape index (κ3) is 5.23. The van der Waals surface area contributed by atoms with Crippen LogP contribution in [-0.4, -0.2) is 35.5 Å². The van der Waals surface area contributed by atoms with Gasteiger partial charge in [-0.15, -0.1) is 0 Å². The van der Waals surface area contributed by atoms with Crippen molar-refractivity contribution in [3.05, 3.63) is 155 Å². The number of nitrogens with zero attached hydrogens (tertiary/aromatic N) is 1. The molecule has 5 aromatic rings. The van der Waals surface area contributed by atoms with Gasteiger partial charge in [-0.3, -0.25) is 9.59 Å². The van der Waals surface area contributed by atoms with Crippen LogP contribution in [0.1, 0.15) is 53.7 Å². The van der Waals surface area contributed by atoms with Crippen molar-refractivity contribution < 1.29 is 28.8 Å². The second-order valence-corrected chi connectivity index (χ2v) is 10.8. The molecule has 0 radical (unpaired) electrons. The first kappa shape index (κ1) is 27.8. The summed E-state index contributed by atoms with van der Waals surface area (Å²) in [6.45, 7) is 0.511. The van der Waals surface area contributed by atoms with Crippen LogP contribution in [0.3, 0.4) is 0 Å². The molecule has 5 aromatic carbocycles. The summed E-state index contributed by atoms with van der Waals surface area (Å²) in [5.41, 5.74) is 7.80. The Morgan fingerprint density at radius 3 is 1.84 bits per heavy atom. The first-order valence-corrected chi connectivity index (χ1v) is 14.5. The maximum absolute atomic E-state index is 12.7. The van der Waals surface area contributed by atoms with Crippen LogP contribution < -0.4 is 5.32 Å². The number of fused-ring (bicyclic) bond motifs is 4. The van der Waals surface area contributed by atoms with Crippen LogP contribution >= 0.6 is 0 Å².